The minimum Gasteiger partial charge on any atom is -0.457 e. The fourth-order valence-corrected chi connectivity index (χ4v) is 2.83. The molecule has 0 saturated carbocycles. The summed E-state index contributed by atoms with van der Waals surface area (Å²) >= 11 is 0. The summed E-state index contributed by atoms with van der Waals surface area (Å²) in [4.78, 5) is 18.7. The largest absolute Gasteiger partial charge is 0.457 e. The second-order valence-corrected chi connectivity index (χ2v) is 5.75. The molecule has 0 N–H and O–H groups in total. The number of nitrogens with zero attached hydrogens (tertiary/aromatic N) is 2. The first-order valence-corrected chi connectivity index (χ1v) is 8.01. The Balaban J connectivity index is 1.68. The number of carbonyl (C=O) groups excluding carboxylic acids is 1. The van der Waals surface area contributed by atoms with Crippen LogP contribution in [0.3, 0.4) is 0 Å². The molecule has 0 spiro atoms. The van der Waals surface area contributed by atoms with Gasteiger partial charge in [-0.2, -0.15) is 0 Å². The van der Waals surface area contributed by atoms with Gasteiger partial charge in [-0.3, -0.25) is 4.79 Å². The highest BCUT2D eigenvalue weighted by atomic mass is 16.5. The third-order valence-electron chi connectivity index (χ3n) is 4.07. The first kappa shape index (κ1) is 15.1. The Morgan fingerprint density at radius 2 is 1.56 bits per heavy atom. The van der Waals surface area contributed by atoms with Crippen molar-refractivity contribution in [2.24, 2.45) is 4.99 Å². The molecule has 1 heterocycles. The third-order valence-corrected chi connectivity index (χ3v) is 4.07. The topological polar surface area (TPSA) is 41.9 Å². The molecule has 3 aromatic rings. The summed E-state index contributed by atoms with van der Waals surface area (Å²) in [6.45, 7) is 0. The number of para-hydroxylation sites is 2. The van der Waals surface area contributed by atoms with Crippen molar-refractivity contribution < 1.29 is 9.53 Å². The Morgan fingerprint density at radius 1 is 0.840 bits per heavy atom. The van der Waals surface area contributed by atoms with E-state index in [0.29, 0.717) is 17.1 Å². The van der Waals surface area contributed by atoms with Crippen LogP contribution in [0.5, 0.6) is 11.5 Å². The van der Waals surface area contributed by atoms with Gasteiger partial charge in [-0.1, -0.05) is 42.5 Å². The number of likely N-dealkylation sites (N-methyl/N-ethyl adjacent to an activating group) is 1. The van der Waals surface area contributed by atoms with Gasteiger partial charge < -0.3 is 9.64 Å². The number of benzene rings is 3. The Kier molecular flexibility index (Phi) is 3.78. The molecule has 4 rings (SSSR count). The highest BCUT2D eigenvalue weighted by molar-refractivity contribution is 6.54. The molecule has 0 atom stereocenters. The van der Waals surface area contributed by atoms with Crippen molar-refractivity contribution in [3.8, 4) is 11.5 Å². The summed E-state index contributed by atoms with van der Waals surface area (Å²) in [6, 6.07) is 24.7. The van der Waals surface area contributed by atoms with Crippen LogP contribution in [-0.2, 0) is 4.79 Å². The van der Waals surface area contributed by atoms with E-state index < -0.39 is 0 Å². The molecular formula is C21H16N2O2. The average molecular weight is 328 g/mol. The van der Waals surface area contributed by atoms with Crippen LogP contribution in [0.25, 0.3) is 0 Å². The molecule has 122 valence electrons. The highest BCUT2D eigenvalue weighted by Gasteiger charge is 2.30. The molecular weight excluding hydrogens is 312 g/mol. The zero-order valence-corrected chi connectivity index (χ0v) is 13.7. The van der Waals surface area contributed by atoms with Gasteiger partial charge in [-0.15, -0.1) is 0 Å². The zero-order chi connectivity index (χ0) is 17.2. The molecule has 1 aliphatic heterocycles. The van der Waals surface area contributed by atoms with E-state index in [4.69, 9.17) is 4.74 Å². The Hall–Kier alpha value is -3.40. The second kappa shape index (κ2) is 6.24. The Labute approximate surface area is 146 Å². The number of rotatable bonds is 3. The van der Waals surface area contributed by atoms with E-state index in [1.165, 1.54) is 0 Å². The van der Waals surface area contributed by atoms with Crippen molar-refractivity contribution in [2.45, 2.75) is 0 Å². The van der Waals surface area contributed by atoms with Gasteiger partial charge in [0.05, 0.1) is 11.4 Å². The van der Waals surface area contributed by atoms with Gasteiger partial charge in [0.2, 0.25) is 0 Å². The van der Waals surface area contributed by atoms with Crippen LogP contribution in [0.4, 0.5) is 11.4 Å². The lowest BCUT2D eigenvalue weighted by Gasteiger charge is -2.07. The van der Waals surface area contributed by atoms with E-state index in [0.717, 1.165) is 17.0 Å². The van der Waals surface area contributed by atoms with Crippen LogP contribution in [-0.4, -0.2) is 18.7 Å². The van der Waals surface area contributed by atoms with E-state index in [1.807, 2.05) is 78.9 Å². The van der Waals surface area contributed by atoms with Gasteiger partial charge in [0.25, 0.3) is 5.91 Å². The minimum absolute atomic E-state index is 0.101. The zero-order valence-electron chi connectivity index (χ0n) is 13.7. The van der Waals surface area contributed by atoms with Crippen LogP contribution >= 0.6 is 0 Å². The molecule has 3 aromatic carbocycles. The van der Waals surface area contributed by atoms with Crippen molar-refractivity contribution in [2.75, 3.05) is 11.9 Å². The molecule has 0 fully saturated rings. The maximum absolute atomic E-state index is 12.5. The molecule has 1 amide bonds. The number of anilines is 1. The predicted molar refractivity (Wildman–Crippen MR) is 99.0 cm³/mol. The van der Waals surface area contributed by atoms with Crippen molar-refractivity contribution >= 4 is 23.0 Å². The number of aliphatic imine (C=N–C) groups is 1. The lowest BCUT2D eigenvalue weighted by Crippen LogP contribution is -2.25. The van der Waals surface area contributed by atoms with Gasteiger partial charge >= 0.3 is 0 Å². The fraction of sp³-hybridized carbons (Fsp3) is 0.0476. The van der Waals surface area contributed by atoms with E-state index in [1.54, 1.807) is 11.9 Å². The quantitative estimate of drug-likeness (QED) is 0.706. The van der Waals surface area contributed by atoms with Gasteiger partial charge in [-0.05, 0) is 30.3 Å². The van der Waals surface area contributed by atoms with E-state index in [-0.39, 0.29) is 5.91 Å². The lowest BCUT2D eigenvalue weighted by molar-refractivity contribution is -0.111. The molecule has 4 heteroatoms. The SMILES string of the molecule is CN1C(=O)C(=Nc2cccc(Oc3ccccc3)c2)c2ccccc21. The standard InChI is InChI=1S/C21H16N2O2/c1-23-19-13-6-5-12-18(19)20(21(23)24)22-15-8-7-11-17(14-15)25-16-9-3-2-4-10-16/h2-14H,1H3. The number of hydrogen-bond donors (Lipinski definition) is 0. The number of amides is 1. The normalized spacial score (nSPS) is 14.7. The maximum atomic E-state index is 12.5. The molecule has 0 aliphatic carbocycles. The molecule has 0 bridgehead atoms. The smallest absolute Gasteiger partial charge is 0.277 e. The first-order chi connectivity index (χ1) is 12.2. The second-order valence-electron chi connectivity index (χ2n) is 5.75. The molecule has 0 saturated heterocycles. The van der Waals surface area contributed by atoms with Crippen LogP contribution in [0, 0.1) is 0 Å². The molecule has 0 unspecified atom stereocenters. The van der Waals surface area contributed by atoms with Crippen molar-refractivity contribution in [3.05, 3.63) is 84.4 Å². The summed E-state index contributed by atoms with van der Waals surface area (Å²) < 4.78 is 5.84. The van der Waals surface area contributed by atoms with Crippen LogP contribution < -0.4 is 9.64 Å². The first-order valence-electron chi connectivity index (χ1n) is 8.01. The van der Waals surface area contributed by atoms with E-state index in [9.17, 15) is 4.79 Å². The third kappa shape index (κ3) is 2.90. The van der Waals surface area contributed by atoms with Crippen LogP contribution in [0.2, 0.25) is 0 Å². The number of fused-ring (bicyclic) bond motifs is 1. The molecule has 0 aromatic heterocycles. The summed E-state index contributed by atoms with van der Waals surface area (Å²) in [5, 5.41) is 0. The number of ether oxygens (including phenoxy) is 1. The summed E-state index contributed by atoms with van der Waals surface area (Å²) in [5.41, 5.74) is 2.86. The number of hydrogen-bond acceptors (Lipinski definition) is 3. The monoisotopic (exact) mass is 328 g/mol. The summed E-state index contributed by atoms with van der Waals surface area (Å²) in [7, 11) is 1.76. The van der Waals surface area contributed by atoms with Gasteiger partial charge in [0, 0.05) is 18.7 Å². The van der Waals surface area contributed by atoms with Crippen molar-refractivity contribution in [1.82, 2.24) is 0 Å². The maximum Gasteiger partial charge on any atom is 0.277 e. The van der Waals surface area contributed by atoms with E-state index in [2.05, 4.69) is 4.99 Å². The highest BCUT2D eigenvalue weighted by Crippen LogP contribution is 2.31. The summed E-state index contributed by atoms with van der Waals surface area (Å²) in [6.07, 6.45) is 0. The van der Waals surface area contributed by atoms with Gasteiger partial charge in [-0.25, -0.2) is 4.99 Å². The van der Waals surface area contributed by atoms with Gasteiger partial charge in [0.1, 0.15) is 17.2 Å². The lowest BCUT2D eigenvalue weighted by atomic mass is 10.1. The number of carbonyl (C=O) groups is 1. The van der Waals surface area contributed by atoms with Crippen molar-refractivity contribution in [1.29, 1.82) is 0 Å². The molecule has 0 radical (unpaired) electrons. The molecule has 4 nitrogen and oxygen atoms in total. The van der Waals surface area contributed by atoms with Crippen LogP contribution in [0.1, 0.15) is 5.56 Å². The van der Waals surface area contributed by atoms with Crippen molar-refractivity contribution in [3.63, 3.8) is 0 Å². The molecule has 25 heavy (non-hydrogen) atoms. The minimum atomic E-state index is -0.101. The fourth-order valence-electron chi connectivity index (χ4n) is 2.83. The summed E-state index contributed by atoms with van der Waals surface area (Å²) in [5.74, 6) is 1.34. The Morgan fingerprint density at radius 3 is 2.40 bits per heavy atom. The van der Waals surface area contributed by atoms with E-state index >= 15 is 0 Å². The molecule has 1 aliphatic rings. The average Bonchev–Trinajstić information content (AvgIpc) is 2.88. The van der Waals surface area contributed by atoms with Crippen LogP contribution in [0.15, 0.2) is 83.9 Å². The van der Waals surface area contributed by atoms with Gasteiger partial charge in [0.15, 0.2) is 0 Å². The predicted octanol–water partition coefficient (Wildman–Crippen LogP) is 4.58. The Bertz CT molecular complexity index is 964.